The van der Waals surface area contributed by atoms with Crippen LogP contribution in [-0.4, -0.2) is 11.6 Å². The topological polar surface area (TPSA) is 42.1 Å². The summed E-state index contributed by atoms with van der Waals surface area (Å²) >= 11 is 5.80. The zero-order valence-electron chi connectivity index (χ0n) is 9.25. The molecule has 0 aliphatic carbocycles. The van der Waals surface area contributed by atoms with Crippen LogP contribution in [0.2, 0.25) is 0 Å². The third-order valence-electron chi connectivity index (χ3n) is 3.19. The van der Waals surface area contributed by atoms with E-state index in [2.05, 4.69) is 4.98 Å². The molecule has 0 radical (unpaired) electrons. The Morgan fingerprint density at radius 1 is 1.35 bits per heavy atom. The summed E-state index contributed by atoms with van der Waals surface area (Å²) in [6.07, 6.45) is 0.802. The minimum absolute atomic E-state index is 0.0427. The van der Waals surface area contributed by atoms with E-state index < -0.39 is 0 Å². The Morgan fingerprint density at radius 3 is 3.06 bits per heavy atom. The van der Waals surface area contributed by atoms with Crippen LogP contribution >= 0.6 is 11.6 Å². The van der Waals surface area contributed by atoms with Gasteiger partial charge in [-0.15, -0.1) is 11.6 Å². The molecular formula is C13H12ClNO2. The van der Waals surface area contributed by atoms with Gasteiger partial charge in [0, 0.05) is 22.3 Å². The van der Waals surface area contributed by atoms with Crippen LogP contribution in [0.5, 0.6) is 0 Å². The molecule has 1 aromatic carbocycles. The number of aromatic nitrogens is 1. The predicted octanol–water partition coefficient (Wildman–Crippen LogP) is 2.34. The normalized spacial score (nSPS) is 14.9. The van der Waals surface area contributed by atoms with Crippen LogP contribution in [0, 0.1) is 0 Å². The quantitative estimate of drug-likeness (QED) is 0.789. The fraction of sp³-hybridized carbons (Fsp3) is 0.308. The van der Waals surface area contributed by atoms with Crippen LogP contribution in [0.1, 0.15) is 16.7 Å². The van der Waals surface area contributed by atoms with Gasteiger partial charge in [-0.3, -0.25) is 4.79 Å². The summed E-state index contributed by atoms with van der Waals surface area (Å²) in [7, 11) is 0. The van der Waals surface area contributed by atoms with E-state index in [-0.39, 0.29) is 5.56 Å². The molecule has 88 valence electrons. The Hall–Kier alpha value is -1.32. The van der Waals surface area contributed by atoms with Gasteiger partial charge in [0.25, 0.3) is 5.56 Å². The number of pyridine rings is 1. The fourth-order valence-electron chi connectivity index (χ4n) is 2.33. The van der Waals surface area contributed by atoms with Gasteiger partial charge in [-0.2, -0.15) is 0 Å². The summed E-state index contributed by atoms with van der Waals surface area (Å²) in [6, 6.07) is 5.98. The van der Waals surface area contributed by atoms with Crippen LogP contribution in [0.15, 0.2) is 23.0 Å². The van der Waals surface area contributed by atoms with Crippen molar-refractivity contribution in [3.63, 3.8) is 0 Å². The van der Waals surface area contributed by atoms with Gasteiger partial charge >= 0.3 is 0 Å². The maximum Gasteiger partial charge on any atom is 0.254 e. The number of hydrogen-bond acceptors (Lipinski definition) is 2. The van der Waals surface area contributed by atoms with Crippen LogP contribution in [0.4, 0.5) is 0 Å². The van der Waals surface area contributed by atoms with Crippen molar-refractivity contribution in [2.24, 2.45) is 0 Å². The van der Waals surface area contributed by atoms with Crippen molar-refractivity contribution in [2.45, 2.75) is 18.9 Å². The van der Waals surface area contributed by atoms with Crippen LogP contribution in [-0.2, 0) is 23.6 Å². The molecule has 17 heavy (non-hydrogen) atoms. The molecule has 0 amide bonds. The van der Waals surface area contributed by atoms with Crippen LogP contribution < -0.4 is 5.56 Å². The van der Waals surface area contributed by atoms with Crippen molar-refractivity contribution in [2.75, 3.05) is 6.61 Å². The SMILES string of the molecule is O=c1[nH]c2cc(CCl)ccc2c2c1COCC2. The van der Waals surface area contributed by atoms with Crippen molar-refractivity contribution in [1.29, 1.82) is 0 Å². The van der Waals surface area contributed by atoms with Gasteiger partial charge in [-0.25, -0.2) is 0 Å². The number of nitrogens with one attached hydrogen (secondary N) is 1. The predicted molar refractivity (Wildman–Crippen MR) is 67.5 cm³/mol. The van der Waals surface area contributed by atoms with E-state index in [9.17, 15) is 4.79 Å². The first-order valence-corrected chi connectivity index (χ1v) is 6.13. The maximum absolute atomic E-state index is 11.9. The number of hydrogen-bond donors (Lipinski definition) is 1. The molecule has 0 spiro atoms. The Morgan fingerprint density at radius 2 is 2.24 bits per heavy atom. The molecule has 2 heterocycles. The molecule has 0 fully saturated rings. The smallest absolute Gasteiger partial charge is 0.254 e. The Labute approximate surface area is 103 Å². The van der Waals surface area contributed by atoms with Gasteiger partial charge in [0.1, 0.15) is 0 Å². The highest BCUT2D eigenvalue weighted by Crippen LogP contribution is 2.23. The van der Waals surface area contributed by atoms with Gasteiger partial charge in [-0.05, 0) is 23.6 Å². The average Bonchev–Trinajstić information content (AvgIpc) is 2.38. The summed E-state index contributed by atoms with van der Waals surface area (Å²) in [5, 5.41) is 1.11. The molecule has 1 aliphatic rings. The van der Waals surface area contributed by atoms with Gasteiger partial charge < -0.3 is 9.72 Å². The summed E-state index contributed by atoms with van der Waals surface area (Å²) in [5.74, 6) is 0.457. The van der Waals surface area contributed by atoms with Gasteiger partial charge in [0.05, 0.1) is 13.2 Å². The van der Waals surface area contributed by atoms with Crippen molar-refractivity contribution in [1.82, 2.24) is 4.98 Å². The number of benzene rings is 1. The molecular weight excluding hydrogens is 238 g/mol. The number of ether oxygens (including phenoxy) is 1. The first kappa shape index (κ1) is 10.8. The zero-order chi connectivity index (χ0) is 11.8. The molecule has 3 rings (SSSR count). The molecule has 3 nitrogen and oxygen atoms in total. The van der Waals surface area contributed by atoms with Crippen molar-refractivity contribution >= 4 is 22.5 Å². The molecule has 0 saturated carbocycles. The highest BCUT2D eigenvalue weighted by atomic mass is 35.5. The van der Waals surface area contributed by atoms with E-state index in [0.29, 0.717) is 19.1 Å². The lowest BCUT2D eigenvalue weighted by Crippen LogP contribution is -2.22. The molecule has 1 aromatic heterocycles. The van der Waals surface area contributed by atoms with E-state index in [4.69, 9.17) is 16.3 Å². The fourth-order valence-corrected chi connectivity index (χ4v) is 2.49. The Bertz CT molecular complexity index is 633. The lowest BCUT2D eigenvalue weighted by molar-refractivity contribution is 0.110. The Kier molecular flexibility index (Phi) is 2.65. The van der Waals surface area contributed by atoms with Crippen LogP contribution in [0.3, 0.4) is 0 Å². The molecule has 0 atom stereocenters. The number of halogens is 1. The molecule has 1 N–H and O–H groups in total. The number of aromatic amines is 1. The minimum atomic E-state index is -0.0427. The lowest BCUT2D eigenvalue weighted by Gasteiger charge is -2.17. The molecule has 1 aliphatic heterocycles. The second-order valence-electron chi connectivity index (χ2n) is 4.23. The highest BCUT2D eigenvalue weighted by Gasteiger charge is 2.16. The second kappa shape index (κ2) is 4.17. The van der Waals surface area contributed by atoms with Crippen LogP contribution in [0.25, 0.3) is 10.9 Å². The third kappa shape index (κ3) is 1.75. The maximum atomic E-state index is 11.9. The van der Waals surface area contributed by atoms with Gasteiger partial charge in [-0.1, -0.05) is 12.1 Å². The molecule has 0 bridgehead atoms. The van der Waals surface area contributed by atoms with E-state index in [1.165, 1.54) is 0 Å². The lowest BCUT2D eigenvalue weighted by atomic mass is 9.99. The molecule has 0 saturated heterocycles. The van der Waals surface area contributed by atoms with E-state index in [1.54, 1.807) is 0 Å². The first-order chi connectivity index (χ1) is 8.29. The summed E-state index contributed by atoms with van der Waals surface area (Å²) in [6.45, 7) is 1.10. The molecule has 0 unspecified atom stereocenters. The third-order valence-corrected chi connectivity index (χ3v) is 3.50. The van der Waals surface area contributed by atoms with E-state index in [0.717, 1.165) is 34.0 Å². The Balaban J connectivity index is 2.34. The average molecular weight is 250 g/mol. The minimum Gasteiger partial charge on any atom is -0.376 e. The molecule has 2 aromatic rings. The van der Waals surface area contributed by atoms with E-state index in [1.807, 2.05) is 18.2 Å². The first-order valence-electron chi connectivity index (χ1n) is 5.60. The summed E-state index contributed by atoms with van der Waals surface area (Å²) in [4.78, 5) is 14.8. The van der Waals surface area contributed by atoms with Crippen molar-refractivity contribution in [3.05, 3.63) is 45.2 Å². The number of alkyl halides is 1. The van der Waals surface area contributed by atoms with E-state index >= 15 is 0 Å². The number of H-pyrrole nitrogens is 1. The largest absolute Gasteiger partial charge is 0.376 e. The van der Waals surface area contributed by atoms with Gasteiger partial charge in [0.15, 0.2) is 0 Å². The number of rotatable bonds is 1. The van der Waals surface area contributed by atoms with Crippen molar-refractivity contribution < 1.29 is 4.74 Å². The number of fused-ring (bicyclic) bond motifs is 3. The van der Waals surface area contributed by atoms with Gasteiger partial charge in [0.2, 0.25) is 0 Å². The summed E-state index contributed by atoms with van der Waals surface area (Å²) in [5.41, 5.74) is 3.73. The highest BCUT2D eigenvalue weighted by molar-refractivity contribution is 6.17. The monoisotopic (exact) mass is 249 g/mol. The summed E-state index contributed by atoms with van der Waals surface area (Å²) < 4.78 is 5.33. The standard InChI is InChI=1S/C13H12ClNO2/c14-6-8-1-2-10-9-3-4-17-7-11(9)13(16)15-12(10)5-8/h1-2,5H,3-4,6-7H2,(H,15,16). The molecule has 4 heteroatoms. The zero-order valence-corrected chi connectivity index (χ0v) is 10.0. The van der Waals surface area contributed by atoms with Crippen molar-refractivity contribution in [3.8, 4) is 0 Å². The second-order valence-corrected chi connectivity index (χ2v) is 4.49.